The highest BCUT2D eigenvalue weighted by molar-refractivity contribution is 5.92. The molecule has 0 aromatic heterocycles. The van der Waals surface area contributed by atoms with Crippen molar-refractivity contribution < 1.29 is 19.2 Å². The summed E-state index contributed by atoms with van der Waals surface area (Å²) in [6.07, 6.45) is 2.22. The summed E-state index contributed by atoms with van der Waals surface area (Å²) >= 11 is 0. The summed E-state index contributed by atoms with van der Waals surface area (Å²) in [4.78, 5) is 13.9. The number of aryl methyl sites for hydroxylation is 1. The molecule has 4 rings (SSSR count). The van der Waals surface area contributed by atoms with Crippen LogP contribution in [0, 0.1) is 6.92 Å². The molecule has 5 nitrogen and oxygen atoms in total. The van der Waals surface area contributed by atoms with Crippen molar-refractivity contribution in [2.45, 2.75) is 25.8 Å². The Morgan fingerprint density at radius 1 is 1.15 bits per heavy atom. The monoisotopic (exact) mass is 353 g/mol. The maximum atomic E-state index is 12.6. The molecule has 136 valence electrons. The van der Waals surface area contributed by atoms with Crippen molar-refractivity contribution >= 4 is 11.6 Å². The molecule has 0 saturated carbocycles. The largest absolute Gasteiger partial charge is 0.486 e. The Morgan fingerprint density at radius 2 is 1.96 bits per heavy atom. The molecule has 2 aliphatic heterocycles. The van der Waals surface area contributed by atoms with Gasteiger partial charge in [0.25, 0.3) is 5.91 Å². The van der Waals surface area contributed by atoms with E-state index in [2.05, 4.69) is 17.4 Å². The van der Waals surface area contributed by atoms with Gasteiger partial charge in [0.1, 0.15) is 19.3 Å². The first kappa shape index (κ1) is 16.9. The van der Waals surface area contributed by atoms with Gasteiger partial charge in [-0.05, 0) is 36.8 Å². The van der Waals surface area contributed by atoms with Crippen LogP contribution in [0.3, 0.4) is 0 Å². The lowest BCUT2D eigenvalue weighted by molar-refractivity contribution is -0.910. The summed E-state index contributed by atoms with van der Waals surface area (Å²) in [5.41, 5.74) is 3.21. The lowest BCUT2D eigenvalue weighted by Crippen LogP contribution is -3.11. The first-order chi connectivity index (χ1) is 12.7. The molecule has 1 fully saturated rings. The fourth-order valence-electron chi connectivity index (χ4n) is 3.92. The fourth-order valence-corrected chi connectivity index (χ4v) is 3.92. The number of fused-ring (bicyclic) bond motifs is 1. The standard InChI is InChI=1S/C21H24N2O3/c1-15-5-2-3-6-17(15)22-21(24)14-23-10-4-7-18(23)16-8-9-19-20(13-16)26-12-11-25-19/h2-3,5-6,8-9,13,18H,4,7,10-12,14H2,1H3,(H,22,24)/p+1/t18-/m1/s1. The van der Waals surface area contributed by atoms with Crippen molar-refractivity contribution in [1.29, 1.82) is 0 Å². The summed E-state index contributed by atoms with van der Waals surface area (Å²) in [6, 6.07) is 14.4. The normalized spacial score (nSPS) is 21.4. The summed E-state index contributed by atoms with van der Waals surface area (Å²) < 4.78 is 11.3. The molecular formula is C21H25N2O3+. The van der Waals surface area contributed by atoms with Gasteiger partial charge in [0.15, 0.2) is 18.0 Å². The number of nitrogens with one attached hydrogen (secondary N) is 2. The zero-order valence-electron chi connectivity index (χ0n) is 15.1. The lowest BCUT2D eigenvalue weighted by atomic mass is 10.0. The number of likely N-dealkylation sites (tertiary alicyclic amines) is 1. The Kier molecular flexibility index (Phi) is 4.80. The molecule has 26 heavy (non-hydrogen) atoms. The molecule has 2 atom stereocenters. The molecule has 2 N–H and O–H groups in total. The smallest absolute Gasteiger partial charge is 0.279 e. The van der Waals surface area contributed by atoms with Crippen molar-refractivity contribution in [2.24, 2.45) is 0 Å². The van der Waals surface area contributed by atoms with Crippen LogP contribution in [-0.4, -0.2) is 32.2 Å². The van der Waals surface area contributed by atoms with Crippen LogP contribution in [0.25, 0.3) is 0 Å². The van der Waals surface area contributed by atoms with E-state index in [1.165, 1.54) is 10.5 Å². The van der Waals surface area contributed by atoms with Crippen LogP contribution in [0.5, 0.6) is 11.5 Å². The summed E-state index contributed by atoms with van der Waals surface area (Å²) in [7, 11) is 0. The van der Waals surface area contributed by atoms with E-state index in [-0.39, 0.29) is 5.91 Å². The average Bonchev–Trinajstić information content (AvgIpc) is 3.11. The number of benzene rings is 2. The van der Waals surface area contributed by atoms with Crippen molar-refractivity contribution in [1.82, 2.24) is 0 Å². The van der Waals surface area contributed by atoms with E-state index in [0.29, 0.717) is 25.8 Å². The summed E-state index contributed by atoms with van der Waals surface area (Å²) in [5.74, 6) is 1.71. The number of hydrogen-bond donors (Lipinski definition) is 2. The average molecular weight is 353 g/mol. The van der Waals surface area contributed by atoms with Gasteiger partial charge in [0, 0.05) is 24.1 Å². The zero-order chi connectivity index (χ0) is 17.9. The second-order valence-corrected chi connectivity index (χ2v) is 7.05. The highest BCUT2D eigenvalue weighted by Crippen LogP contribution is 2.33. The van der Waals surface area contributed by atoms with Crippen LogP contribution < -0.4 is 19.7 Å². The molecular weight excluding hydrogens is 328 g/mol. The van der Waals surface area contributed by atoms with E-state index < -0.39 is 0 Å². The topological polar surface area (TPSA) is 52.0 Å². The number of ether oxygens (including phenoxy) is 2. The van der Waals surface area contributed by atoms with E-state index in [1.807, 2.05) is 37.3 Å². The summed E-state index contributed by atoms with van der Waals surface area (Å²) in [6.45, 7) is 4.70. The minimum Gasteiger partial charge on any atom is -0.486 e. The number of rotatable bonds is 4. The number of carbonyl (C=O) groups is 1. The maximum absolute atomic E-state index is 12.6. The Labute approximate surface area is 153 Å². The second-order valence-electron chi connectivity index (χ2n) is 7.05. The Balaban J connectivity index is 1.45. The van der Waals surface area contributed by atoms with Crippen molar-refractivity contribution in [3.63, 3.8) is 0 Å². The number of hydrogen-bond acceptors (Lipinski definition) is 3. The van der Waals surface area contributed by atoms with Crippen LogP contribution >= 0.6 is 0 Å². The van der Waals surface area contributed by atoms with Crippen LogP contribution in [0.4, 0.5) is 5.69 Å². The van der Waals surface area contributed by atoms with E-state index in [4.69, 9.17) is 9.47 Å². The SMILES string of the molecule is Cc1ccccc1NC(=O)C[NH+]1CCC[C@@H]1c1ccc2c(c1)OCCO2. The molecule has 1 amide bonds. The second kappa shape index (κ2) is 7.38. The molecule has 1 saturated heterocycles. The first-order valence-corrected chi connectivity index (χ1v) is 9.30. The summed E-state index contributed by atoms with van der Waals surface area (Å²) in [5, 5.41) is 3.05. The molecule has 2 aromatic carbocycles. The molecule has 0 aliphatic carbocycles. The Hall–Kier alpha value is -2.53. The Bertz CT molecular complexity index is 806. The van der Waals surface area contributed by atoms with Crippen LogP contribution in [-0.2, 0) is 4.79 Å². The Morgan fingerprint density at radius 3 is 2.81 bits per heavy atom. The lowest BCUT2D eigenvalue weighted by Gasteiger charge is -2.24. The number of amides is 1. The van der Waals surface area contributed by atoms with Gasteiger partial charge >= 0.3 is 0 Å². The third-order valence-electron chi connectivity index (χ3n) is 5.26. The van der Waals surface area contributed by atoms with Gasteiger partial charge in [-0.2, -0.15) is 0 Å². The number of quaternary nitrogens is 1. The van der Waals surface area contributed by atoms with Crippen LogP contribution in [0.15, 0.2) is 42.5 Å². The minimum absolute atomic E-state index is 0.0683. The van der Waals surface area contributed by atoms with Crippen molar-refractivity contribution in [3.05, 3.63) is 53.6 Å². The van der Waals surface area contributed by atoms with E-state index >= 15 is 0 Å². The van der Waals surface area contributed by atoms with Crippen LogP contribution in [0.1, 0.15) is 30.0 Å². The predicted octanol–water partition coefficient (Wildman–Crippen LogP) is 2.12. The van der Waals surface area contributed by atoms with Gasteiger partial charge in [-0.15, -0.1) is 0 Å². The van der Waals surface area contributed by atoms with Crippen LogP contribution in [0.2, 0.25) is 0 Å². The molecule has 0 spiro atoms. The fraction of sp³-hybridized carbons (Fsp3) is 0.381. The molecule has 1 unspecified atom stereocenters. The third-order valence-corrected chi connectivity index (χ3v) is 5.26. The van der Waals surface area contributed by atoms with Crippen molar-refractivity contribution in [3.8, 4) is 11.5 Å². The van der Waals surface area contributed by atoms with Gasteiger partial charge in [-0.25, -0.2) is 0 Å². The number of para-hydroxylation sites is 1. The van der Waals surface area contributed by atoms with E-state index in [0.717, 1.165) is 42.1 Å². The number of carbonyl (C=O) groups excluding carboxylic acids is 1. The van der Waals surface area contributed by atoms with Gasteiger partial charge in [0.05, 0.1) is 6.54 Å². The van der Waals surface area contributed by atoms with Crippen molar-refractivity contribution in [2.75, 3.05) is 31.6 Å². The molecule has 0 bridgehead atoms. The van der Waals surface area contributed by atoms with E-state index in [9.17, 15) is 4.79 Å². The zero-order valence-corrected chi connectivity index (χ0v) is 15.1. The molecule has 2 heterocycles. The maximum Gasteiger partial charge on any atom is 0.279 e. The minimum atomic E-state index is 0.0683. The first-order valence-electron chi connectivity index (χ1n) is 9.30. The molecule has 2 aromatic rings. The van der Waals surface area contributed by atoms with Gasteiger partial charge in [-0.3, -0.25) is 4.79 Å². The molecule has 0 radical (unpaired) electrons. The molecule has 5 heteroatoms. The molecule has 2 aliphatic rings. The number of anilines is 1. The highest BCUT2D eigenvalue weighted by atomic mass is 16.6. The van der Waals surface area contributed by atoms with Gasteiger partial charge in [0.2, 0.25) is 0 Å². The highest BCUT2D eigenvalue weighted by Gasteiger charge is 2.32. The van der Waals surface area contributed by atoms with Gasteiger partial charge in [-0.1, -0.05) is 18.2 Å². The predicted molar refractivity (Wildman–Crippen MR) is 99.9 cm³/mol. The van der Waals surface area contributed by atoms with E-state index in [1.54, 1.807) is 0 Å². The third kappa shape index (κ3) is 3.53. The van der Waals surface area contributed by atoms with Gasteiger partial charge < -0.3 is 19.7 Å². The quantitative estimate of drug-likeness (QED) is 0.885.